The number of anilines is 1. The first-order valence-corrected chi connectivity index (χ1v) is 8.03. The molecule has 0 aliphatic rings. The van der Waals surface area contributed by atoms with Crippen LogP contribution in [0.3, 0.4) is 0 Å². The van der Waals surface area contributed by atoms with E-state index in [1.165, 1.54) is 24.3 Å². The van der Waals surface area contributed by atoms with Crippen molar-refractivity contribution in [2.45, 2.75) is 6.61 Å². The predicted molar refractivity (Wildman–Crippen MR) is 96.6 cm³/mol. The Morgan fingerprint density at radius 3 is 2.32 bits per heavy atom. The molecule has 0 aromatic heterocycles. The van der Waals surface area contributed by atoms with E-state index < -0.39 is 0 Å². The van der Waals surface area contributed by atoms with E-state index in [9.17, 15) is 9.18 Å². The van der Waals surface area contributed by atoms with E-state index in [2.05, 4.69) is 5.32 Å². The summed E-state index contributed by atoms with van der Waals surface area (Å²) in [5, 5.41) is 3.36. The van der Waals surface area contributed by atoms with Crippen LogP contribution in [0.15, 0.2) is 72.8 Å². The van der Waals surface area contributed by atoms with E-state index in [4.69, 9.17) is 16.3 Å². The second-order valence-corrected chi connectivity index (χ2v) is 5.77. The highest BCUT2D eigenvalue weighted by Crippen LogP contribution is 2.19. The Morgan fingerprint density at radius 2 is 1.64 bits per heavy atom. The maximum Gasteiger partial charge on any atom is 0.255 e. The molecule has 0 unspecified atom stereocenters. The SMILES string of the molecule is O=C(Nc1ccc(F)cc1)c1ccc(OCc2ccccc2Cl)cc1. The van der Waals surface area contributed by atoms with Crippen LogP contribution in [-0.2, 0) is 6.61 Å². The van der Waals surface area contributed by atoms with Gasteiger partial charge in [-0.15, -0.1) is 0 Å². The first-order chi connectivity index (χ1) is 12.1. The second kappa shape index (κ2) is 7.81. The topological polar surface area (TPSA) is 38.3 Å². The molecule has 0 radical (unpaired) electrons. The summed E-state index contributed by atoms with van der Waals surface area (Å²) in [7, 11) is 0. The van der Waals surface area contributed by atoms with Crippen molar-refractivity contribution in [1.82, 2.24) is 0 Å². The van der Waals surface area contributed by atoms with E-state index in [-0.39, 0.29) is 11.7 Å². The Hall–Kier alpha value is -2.85. The van der Waals surface area contributed by atoms with Crippen LogP contribution in [0, 0.1) is 5.82 Å². The van der Waals surface area contributed by atoms with Crippen LogP contribution in [0.25, 0.3) is 0 Å². The van der Waals surface area contributed by atoms with Crippen molar-refractivity contribution < 1.29 is 13.9 Å². The number of hydrogen-bond acceptors (Lipinski definition) is 2. The molecular weight excluding hydrogens is 341 g/mol. The average molecular weight is 356 g/mol. The van der Waals surface area contributed by atoms with Gasteiger partial charge in [0.1, 0.15) is 18.2 Å². The van der Waals surface area contributed by atoms with Crippen molar-refractivity contribution in [3.63, 3.8) is 0 Å². The molecule has 3 aromatic carbocycles. The number of ether oxygens (including phenoxy) is 1. The molecule has 1 amide bonds. The molecule has 0 heterocycles. The zero-order valence-corrected chi connectivity index (χ0v) is 14.0. The Morgan fingerprint density at radius 1 is 0.960 bits per heavy atom. The largest absolute Gasteiger partial charge is 0.489 e. The van der Waals surface area contributed by atoms with Gasteiger partial charge in [-0.05, 0) is 54.6 Å². The number of benzene rings is 3. The lowest BCUT2D eigenvalue weighted by Gasteiger charge is -2.09. The van der Waals surface area contributed by atoms with Crippen LogP contribution in [0.1, 0.15) is 15.9 Å². The average Bonchev–Trinajstić information content (AvgIpc) is 2.63. The van der Waals surface area contributed by atoms with Crippen LogP contribution in [0.2, 0.25) is 5.02 Å². The number of rotatable bonds is 5. The number of amides is 1. The molecule has 25 heavy (non-hydrogen) atoms. The number of carbonyl (C=O) groups is 1. The van der Waals surface area contributed by atoms with Gasteiger partial charge in [-0.25, -0.2) is 4.39 Å². The molecule has 5 heteroatoms. The summed E-state index contributed by atoms with van der Waals surface area (Å²) in [6.45, 7) is 0.348. The van der Waals surface area contributed by atoms with Gasteiger partial charge in [0.15, 0.2) is 0 Å². The van der Waals surface area contributed by atoms with E-state index in [0.29, 0.717) is 28.6 Å². The van der Waals surface area contributed by atoms with Crippen LogP contribution in [-0.4, -0.2) is 5.91 Å². The highest BCUT2D eigenvalue weighted by atomic mass is 35.5. The van der Waals surface area contributed by atoms with Crippen molar-refractivity contribution in [3.05, 3.63) is 94.8 Å². The molecule has 0 aliphatic heterocycles. The molecule has 0 spiro atoms. The van der Waals surface area contributed by atoms with E-state index >= 15 is 0 Å². The molecule has 0 bridgehead atoms. The normalized spacial score (nSPS) is 10.3. The van der Waals surface area contributed by atoms with Crippen molar-refractivity contribution in [2.75, 3.05) is 5.32 Å². The van der Waals surface area contributed by atoms with Crippen molar-refractivity contribution in [2.24, 2.45) is 0 Å². The van der Waals surface area contributed by atoms with Gasteiger partial charge in [0.25, 0.3) is 5.91 Å². The fourth-order valence-corrected chi connectivity index (χ4v) is 2.41. The van der Waals surface area contributed by atoms with Gasteiger partial charge in [-0.1, -0.05) is 29.8 Å². The third kappa shape index (κ3) is 4.58. The number of hydrogen-bond donors (Lipinski definition) is 1. The third-order valence-corrected chi connectivity index (χ3v) is 3.94. The maximum atomic E-state index is 12.9. The van der Waals surface area contributed by atoms with Crippen molar-refractivity contribution in [3.8, 4) is 5.75 Å². The second-order valence-electron chi connectivity index (χ2n) is 5.37. The summed E-state index contributed by atoms with van der Waals surface area (Å²) < 4.78 is 18.6. The first kappa shape index (κ1) is 17.0. The van der Waals surface area contributed by atoms with Gasteiger partial charge in [-0.3, -0.25) is 4.79 Å². The van der Waals surface area contributed by atoms with E-state index in [1.807, 2.05) is 24.3 Å². The third-order valence-electron chi connectivity index (χ3n) is 3.57. The van der Waals surface area contributed by atoms with Crippen LogP contribution in [0.4, 0.5) is 10.1 Å². The van der Waals surface area contributed by atoms with Gasteiger partial charge in [0.05, 0.1) is 0 Å². The van der Waals surface area contributed by atoms with Crippen LogP contribution >= 0.6 is 11.6 Å². The van der Waals surface area contributed by atoms with Crippen molar-refractivity contribution in [1.29, 1.82) is 0 Å². The lowest BCUT2D eigenvalue weighted by atomic mass is 10.2. The van der Waals surface area contributed by atoms with E-state index in [0.717, 1.165) is 5.56 Å². The fraction of sp³-hybridized carbons (Fsp3) is 0.0500. The Balaban J connectivity index is 1.60. The minimum Gasteiger partial charge on any atom is -0.489 e. The summed E-state index contributed by atoms with van der Waals surface area (Å²) in [5.74, 6) is 0.0144. The van der Waals surface area contributed by atoms with Gasteiger partial charge in [0.2, 0.25) is 0 Å². The summed E-state index contributed by atoms with van der Waals surface area (Å²) in [6.07, 6.45) is 0. The molecule has 3 aromatic rings. The molecule has 0 saturated carbocycles. The highest BCUT2D eigenvalue weighted by molar-refractivity contribution is 6.31. The van der Waals surface area contributed by atoms with Crippen molar-refractivity contribution >= 4 is 23.2 Å². The van der Waals surface area contributed by atoms with Gasteiger partial charge in [0, 0.05) is 21.8 Å². The standard InChI is InChI=1S/C20H15ClFNO2/c21-19-4-2-1-3-15(19)13-25-18-11-5-14(6-12-18)20(24)23-17-9-7-16(22)8-10-17/h1-12H,13H2,(H,23,24). The summed E-state index contributed by atoms with van der Waals surface area (Å²) in [4.78, 5) is 12.2. The minimum absolute atomic E-state index is 0.274. The summed E-state index contributed by atoms with van der Waals surface area (Å²) in [6, 6.07) is 19.8. The predicted octanol–water partition coefficient (Wildman–Crippen LogP) is 5.31. The summed E-state index contributed by atoms with van der Waals surface area (Å²) >= 11 is 6.09. The molecule has 0 saturated heterocycles. The zero-order valence-electron chi connectivity index (χ0n) is 13.2. The highest BCUT2D eigenvalue weighted by Gasteiger charge is 2.07. The lowest BCUT2D eigenvalue weighted by molar-refractivity contribution is 0.102. The number of carbonyl (C=O) groups excluding carboxylic acids is 1. The Kier molecular flexibility index (Phi) is 5.31. The molecule has 126 valence electrons. The molecule has 3 rings (SSSR count). The number of nitrogens with one attached hydrogen (secondary N) is 1. The molecule has 0 atom stereocenters. The Labute approximate surface area is 150 Å². The zero-order chi connectivity index (χ0) is 17.6. The van der Waals surface area contributed by atoms with Crippen LogP contribution in [0.5, 0.6) is 5.75 Å². The Bertz CT molecular complexity index is 864. The minimum atomic E-state index is -0.349. The molecule has 3 nitrogen and oxygen atoms in total. The van der Waals surface area contributed by atoms with Gasteiger partial charge < -0.3 is 10.1 Å². The van der Waals surface area contributed by atoms with Crippen LogP contribution < -0.4 is 10.1 Å². The molecule has 0 fully saturated rings. The summed E-state index contributed by atoms with van der Waals surface area (Å²) in [5.41, 5.74) is 1.90. The quantitative estimate of drug-likeness (QED) is 0.673. The van der Waals surface area contributed by atoms with E-state index in [1.54, 1.807) is 24.3 Å². The first-order valence-electron chi connectivity index (χ1n) is 7.65. The maximum absolute atomic E-state index is 12.9. The fourth-order valence-electron chi connectivity index (χ4n) is 2.22. The van der Waals surface area contributed by atoms with Gasteiger partial charge in [-0.2, -0.15) is 0 Å². The lowest BCUT2D eigenvalue weighted by Crippen LogP contribution is -2.11. The smallest absolute Gasteiger partial charge is 0.255 e. The molecule has 0 aliphatic carbocycles. The number of halogens is 2. The monoisotopic (exact) mass is 355 g/mol. The molecule has 1 N–H and O–H groups in total. The molecular formula is C20H15ClFNO2. The van der Waals surface area contributed by atoms with Gasteiger partial charge >= 0.3 is 0 Å².